The molecular formula is C43H59NO12. The lowest BCUT2D eigenvalue weighted by Gasteiger charge is -2.53. The van der Waals surface area contributed by atoms with Crippen molar-refractivity contribution in [3.63, 3.8) is 0 Å². The number of fused-ring (bicyclic) bond motifs is 2. The van der Waals surface area contributed by atoms with Gasteiger partial charge in [0.15, 0.2) is 0 Å². The molecule has 1 unspecified atom stereocenters. The van der Waals surface area contributed by atoms with Crippen molar-refractivity contribution in [2.24, 2.45) is 29.6 Å². The van der Waals surface area contributed by atoms with Crippen LogP contribution < -0.4 is 0 Å². The maximum Gasteiger partial charge on any atom is 0.355 e. The van der Waals surface area contributed by atoms with Crippen LogP contribution in [0.1, 0.15) is 91.1 Å². The topological polar surface area (TPSA) is 183 Å². The summed E-state index contributed by atoms with van der Waals surface area (Å²) in [5.74, 6) is -5.30. The van der Waals surface area contributed by atoms with Crippen molar-refractivity contribution in [3.05, 3.63) is 71.1 Å². The van der Waals surface area contributed by atoms with Crippen molar-refractivity contribution in [2.45, 2.75) is 135 Å². The maximum absolute atomic E-state index is 14.5. The minimum Gasteiger partial charge on any atom is -0.462 e. The Morgan fingerprint density at radius 1 is 1.11 bits per heavy atom. The SMILES string of the molecule is CC1=CC[C@@H]2C[C@@H](C[C@]3(O2)O[C@H](C)[C@@H](C)[C@H](OC(=O)C(C)CC(C)C)[C@H]3O)OC(=O)[C@@H]2C=C(COC(=O)c3ccc[nH]3)[C@@H](O)[C@H]3OCC(=CC=C[C@H](C)C1)[C@]32O. The first-order valence-electron chi connectivity index (χ1n) is 20.0. The molecule has 1 aromatic rings. The van der Waals surface area contributed by atoms with Gasteiger partial charge >= 0.3 is 17.9 Å². The zero-order chi connectivity index (χ0) is 40.5. The first-order chi connectivity index (χ1) is 26.5. The third-order valence-corrected chi connectivity index (χ3v) is 12.0. The Bertz CT molecular complexity index is 1710. The molecule has 0 amide bonds. The van der Waals surface area contributed by atoms with Crippen molar-refractivity contribution in [3.8, 4) is 0 Å². The molecule has 308 valence electrons. The number of aromatic amines is 1. The lowest BCUT2D eigenvalue weighted by molar-refractivity contribution is -0.383. The number of carbonyl (C=O) groups excluding carboxylic acids is 3. The molecule has 5 heterocycles. The summed E-state index contributed by atoms with van der Waals surface area (Å²) in [4.78, 5) is 43.3. The molecule has 3 saturated heterocycles. The van der Waals surface area contributed by atoms with Crippen molar-refractivity contribution in [1.29, 1.82) is 0 Å². The van der Waals surface area contributed by atoms with Crippen LogP contribution in [0.2, 0.25) is 0 Å². The molecule has 1 spiro atoms. The molecule has 13 nitrogen and oxygen atoms in total. The van der Waals surface area contributed by atoms with E-state index in [1.807, 2.05) is 53.7 Å². The molecule has 0 saturated carbocycles. The zero-order valence-electron chi connectivity index (χ0n) is 33.5. The summed E-state index contributed by atoms with van der Waals surface area (Å²) in [6.07, 6.45) is 5.65. The molecule has 13 atom stereocenters. The minimum absolute atomic E-state index is 0.0580. The summed E-state index contributed by atoms with van der Waals surface area (Å²) >= 11 is 0. The van der Waals surface area contributed by atoms with E-state index in [1.165, 1.54) is 6.08 Å². The highest BCUT2D eigenvalue weighted by atomic mass is 16.7. The second kappa shape index (κ2) is 17.1. The molecular weight excluding hydrogens is 722 g/mol. The highest BCUT2D eigenvalue weighted by Gasteiger charge is 2.62. The Labute approximate surface area is 329 Å². The van der Waals surface area contributed by atoms with E-state index in [0.29, 0.717) is 18.4 Å². The number of hydrogen-bond acceptors (Lipinski definition) is 12. The van der Waals surface area contributed by atoms with Crippen molar-refractivity contribution >= 4 is 17.9 Å². The molecule has 4 aliphatic heterocycles. The van der Waals surface area contributed by atoms with Gasteiger partial charge in [-0.25, -0.2) is 4.79 Å². The lowest BCUT2D eigenvalue weighted by Crippen LogP contribution is -2.67. The fourth-order valence-corrected chi connectivity index (χ4v) is 8.88. The number of aliphatic hydroxyl groups is 3. The van der Waals surface area contributed by atoms with E-state index in [-0.39, 0.29) is 61.0 Å². The van der Waals surface area contributed by atoms with Crippen LogP contribution >= 0.6 is 0 Å². The van der Waals surface area contributed by atoms with E-state index in [0.717, 1.165) is 12.0 Å². The molecule has 4 N–H and O–H groups in total. The Morgan fingerprint density at radius 3 is 2.59 bits per heavy atom. The molecule has 5 aliphatic rings. The summed E-state index contributed by atoms with van der Waals surface area (Å²) in [7, 11) is 0. The van der Waals surface area contributed by atoms with Crippen LogP contribution in [0.25, 0.3) is 0 Å². The summed E-state index contributed by atoms with van der Waals surface area (Å²) in [6, 6.07) is 3.20. The Kier molecular flexibility index (Phi) is 12.8. The number of ether oxygens (including phenoxy) is 6. The Hall–Kier alpha value is -3.59. The first kappa shape index (κ1) is 42.0. The van der Waals surface area contributed by atoms with Gasteiger partial charge < -0.3 is 48.7 Å². The number of rotatable bonds is 7. The lowest BCUT2D eigenvalue weighted by atomic mass is 9.70. The predicted molar refractivity (Wildman–Crippen MR) is 204 cm³/mol. The van der Waals surface area contributed by atoms with Gasteiger partial charge in [-0.1, -0.05) is 70.6 Å². The van der Waals surface area contributed by atoms with E-state index < -0.39 is 77.9 Å². The summed E-state index contributed by atoms with van der Waals surface area (Å²) in [5, 5.41) is 36.1. The van der Waals surface area contributed by atoms with E-state index in [1.54, 1.807) is 24.4 Å². The van der Waals surface area contributed by atoms with Gasteiger partial charge in [-0.3, -0.25) is 9.59 Å². The van der Waals surface area contributed by atoms with Gasteiger partial charge in [0.2, 0.25) is 5.79 Å². The van der Waals surface area contributed by atoms with Crippen LogP contribution in [0.5, 0.6) is 0 Å². The van der Waals surface area contributed by atoms with Crippen LogP contribution in [0.4, 0.5) is 0 Å². The molecule has 1 aliphatic carbocycles. The van der Waals surface area contributed by atoms with E-state index in [9.17, 15) is 29.7 Å². The van der Waals surface area contributed by atoms with E-state index >= 15 is 0 Å². The number of allylic oxidation sites excluding steroid dienone is 4. The molecule has 56 heavy (non-hydrogen) atoms. The van der Waals surface area contributed by atoms with Crippen LogP contribution in [-0.4, -0.2) is 106 Å². The number of H-pyrrole nitrogens is 1. The smallest absolute Gasteiger partial charge is 0.355 e. The number of aliphatic hydroxyl groups excluding tert-OH is 2. The third kappa shape index (κ3) is 8.63. The Morgan fingerprint density at radius 2 is 1.88 bits per heavy atom. The standard InChI is InChI=1S/C43H59NO12/c1-23(2)16-26(5)39(47)54-36-27(6)28(7)55-42(37(36)46)20-32-19-31(56-42)14-13-25(4)17-24(3)10-8-11-30-22-51-38-35(45)29(18-33(40(48)53-32)43(30,38)50)21-52-41(49)34-12-9-15-44-34/h8-13,15,18,23-24,26-28,31-33,35-38,44-46,50H,14,16-17,19-22H2,1-7H3/t24-,26?,27+,28+,31+,32-,33-,35+,36-,37+,38+,42+,43+/m0/s1. The Balaban J connectivity index is 1.35. The average molecular weight is 782 g/mol. The molecule has 0 aromatic carbocycles. The second-order valence-corrected chi connectivity index (χ2v) is 17.0. The summed E-state index contributed by atoms with van der Waals surface area (Å²) in [5.41, 5.74) is -0.108. The van der Waals surface area contributed by atoms with E-state index in [2.05, 4.69) is 18.0 Å². The van der Waals surface area contributed by atoms with Crippen LogP contribution in [0, 0.1) is 29.6 Å². The van der Waals surface area contributed by atoms with Gasteiger partial charge in [0.25, 0.3) is 0 Å². The largest absolute Gasteiger partial charge is 0.462 e. The first-order valence-corrected chi connectivity index (χ1v) is 20.0. The van der Waals surface area contributed by atoms with Crippen LogP contribution in [0.3, 0.4) is 0 Å². The quantitative estimate of drug-likeness (QED) is 0.168. The van der Waals surface area contributed by atoms with Gasteiger partial charge in [-0.15, -0.1) is 0 Å². The maximum atomic E-state index is 14.5. The molecule has 1 aromatic heterocycles. The number of aromatic nitrogens is 1. The fraction of sp³-hybridized carbons (Fsp3) is 0.651. The third-order valence-electron chi connectivity index (χ3n) is 12.0. The van der Waals surface area contributed by atoms with Gasteiger partial charge in [-0.05, 0) is 68.2 Å². The average Bonchev–Trinajstić information content (AvgIpc) is 3.80. The summed E-state index contributed by atoms with van der Waals surface area (Å²) in [6.45, 7) is 13.3. The highest BCUT2D eigenvalue weighted by Crippen LogP contribution is 2.48. The van der Waals surface area contributed by atoms with Crippen molar-refractivity contribution < 1.29 is 58.1 Å². The molecule has 6 rings (SSSR count). The van der Waals surface area contributed by atoms with Crippen LogP contribution in [-0.2, 0) is 38.0 Å². The van der Waals surface area contributed by atoms with Gasteiger partial charge in [-0.2, -0.15) is 0 Å². The predicted octanol–water partition coefficient (Wildman–Crippen LogP) is 4.87. The van der Waals surface area contributed by atoms with Crippen LogP contribution in [0.15, 0.2) is 65.4 Å². The zero-order valence-corrected chi connectivity index (χ0v) is 33.5. The number of nitrogens with one attached hydrogen (secondary N) is 1. The minimum atomic E-state index is -2.00. The number of carbonyl (C=O) groups is 3. The number of hydrogen-bond donors (Lipinski definition) is 4. The normalized spacial score (nSPS) is 38.2. The monoisotopic (exact) mass is 781 g/mol. The molecule has 0 radical (unpaired) electrons. The number of esters is 3. The van der Waals surface area contributed by atoms with Gasteiger partial charge in [0.05, 0.1) is 24.7 Å². The highest BCUT2D eigenvalue weighted by molar-refractivity contribution is 5.87. The molecule has 13 heteroatoms. The van der Waals surface area contributed by atoms with Gasteiger partial charge in [0.1, 0.15) is 54.3 Å². The van der Waals surface area contributed by atoms with Gasteiger partial charge in [0, 0.05) is 25.0 Å². The van der Waals surface area contributed by atoms with Crippen molar-refractivity contribution in [2.75, 3.05) is 13.2 Å². The molecule has 2 bridgehead atoms. The molecule has 3 fully saturated rings. The van der Waals surface area contributed by atoms with E-state index in [4.69, 9.17) is 28.4 Å². The van der Waals surface area contributed by atoms with Crippen molar-refractivity contribution in [1.82, 2.24) is 4.98 Å². The summed E-state index contributed by atoms with van der Waals surface area (Å²) < 4.78 is 37.0. The second-order valence-electron chi connectivity index (χ2n) is 17.0. The fourth-order valence-electron chi connectivity index (χ4n) is 8.88.